The Labute approximate surface area is 80.0 Å². The quantitative estimate of drug-likeness (QED) is 0.661. The second-order valence-corrected chi connectivity index (χ2v) is 8.43. The van der Waals surface area contributed by atoms with Gasteiger partial charge in [0.25, 0.3) is 0 Å². The van der Waals surface area contributed by atoms with Crippen LogP contribution in [0.15, 0.2) is 0 Å². The number of rotatable bonds is 4. The molecule has 0 aromatic rings. The van der Waals surface area contributed by atoms with Crippen molar-refractivity contribution >= 4 is 18.1 Å². The summed E-state index contributed by atoms with van der Waals surface area (Å²) in [6, 6.07) is 2.15. The highest BCUT2D eigenvalue weighted by molar-refractivity contribution is 8.12. The predicted molar refractivity (Wildman–Crippen MR) is 56.1 cm³/mol. The maximum absolute atomic E-state index is 8.67. The molecule has 0 saturated carbocycles. The minimum Gasteiger partial charge on any atom is -0.349 e. The lowest BCUT2D eigenvalue weighted by Gasteiger charge is -2.20. The molecule has 12 heavy (non-hydrogen) atoms. The van der Waals surface area contributed by atoms with Crippen LogP contribution < -0.4 is 0 Å². The summed E-state index contributed by atoms with van der Waals surface area (Å²) in [7, 11) is 0. The van der Waals surface area contributed by atoms with Gasteiger partial charge >= 0.3 is 0 Å². The molecule has 0 heterocycles. The molecule has 0 N–H and O–H groups in total. The van der Waals surface area contributed by atoms with E-state index in [2.05, 4.69) is 19.9 Å². The summed E-state index contributed by atoms with van der Waals surface area (Å²) >= 11 is 5.25. The summed E-state index contributed by atoms with van der Waals surface area (Å²) in [5.74, 6) is 0.484. The Morgan fingerprint density at radius 2 is 2.00 bits per heavy atom. The predicted octanol–water partition coefficient (Wildman–Crippen LogP) is 2.60. The van der Waals surface area contributed by atoms with E-state index in [0.717, 1.165) is 0 Å². The largest absolute Gasteiger partial charge is 0.349 e. The first kappa shape index (κ1) is 12.1. The van der Waals surface area contributed by atoms with Crippen molar-refractivity contribution in [1.82, 2.24) is 0 Å². The van der Waals surface area contributed by atoms with Crippen LogP contribution in [0.5, 0.6) is 0 Å². The molecule has 70 valence electrons. The zero-order chi connectivity index (χ0) is 9.78. The monoisotopic (exact) mass is 205 g/mol. The Morgan fingerprint density at radius 1 is 1.50 bits per heavy atom. The Hall–Kier alpha value is 0.100. The van der Waals surface area contributed by atoms with Crippen molar-refractivity contribution in [2.75, 3.05) is 13.3 Å². The number of hydrogen-bond donors (Lipinski definition) is 0. The first-order valence-corrected chi connectivity index (χ1v) is 7.25. The molecule has 0 radical (unpaired) electrons. The lowest BCUT2D eigenvalue weighted by Crippen LogP contribution is -2.06. The minimum absolute atomic E-state index is 0.133. The normalized spacial score (nSPS) is 18.3. The van der Waals surface area contributed by atoms with E-state index in [-0.39, 0.29) is 5.66 Å². The molecule has 0 aliphatic carbocycles. The van der Waals surface area contributed by atoms with Gasteiger partial charge < -0.3 is 4.52 Å². The SMILES string of the molecule is CC(C)COP(C)(=S)C(C)C#N. The zero-order valence-corrected chi connectivity index (χ0v) is 9.78. The Morgan fingerprint density at radius 3 is 2.33 bits per heavy atom. The van der Waals surface area contributed by atoms with Gasteiger partial charge in [0.1, 0.15) is 0 Å². The van der Waals surface area contributed by atoms with Crippen LogP contribution in [0.3, 0.4) is 0 Å². The van der Waals surface area contributed by atoms with Crippen LogP contribution in [0.1, 0.15) is 20.8 Å². The maximum atomic E-state index is 8.67. The summed E-state index contributed by atoms with van der Waals surface area (Å²) in [4.78, 5) is 0. The summed E-state index contributed by atoms with van der Waals surface area (Å²) < 4.78 is 5.55. The van der Waals surface area contributed by atoms with Gasteiger partial charge in [0.15, 0.2) is 0 Å². The smallest absolute Gasteiger partial charge is 0.0946 e. The molecule has 2 unspecified atom stereocenters. The highest BCUT2D eigenvalue weighted by atomic mass is 32.4. The average Bonchev–Trinajstić information content (AvgIpc) is 1.99. The lowest BCUT2D eigenvalue weighted by molar-refractivity contribution is 0.297. The third-order valence-corrected chi connectivity index (χ3v) is 5.00. The molecular formula is C8H16NOPS. The molecule has 0 aliphatic rings. The van der Waals surface area contributed by atoms with Gasteiger partial charge in [-0.1, -0.05) is 25.7 Å². The molecule has 0 aliphatic heterocycles. The summed E-state index contributed by atoms with van der Waals surface area (Å²) in [5.41, 5.74) is -0.133. The van der Waals surface area contributed by atoms with Gasteiger partial charge in [-0.2, -0.15) is 5.26 Å². The van der Waals surface area contributed by atoms with Crippen LogP contribution in [-0.4, -0.2) is 18.9 Å². The molecule has 0 saturated heterocycles. The van der Waals surface area contributed by atoms with Crippen molar-refractivity contribution in [2.45, 2.75) is 26.4 Å². The molecule has 2 atom stereocenters. The van der Waals surface area contributed by atoms with Crippen LogP contribution >= 0.6 is 6.26 Å². The molecule has 0 bridgehead atoms. The molecule has 0 spiro atoms. The Kier molecular flexibility index (Phi) is 5.01. The lowest BCUT2D eigenvalue weighted by atomic mass is 10.2. The maximum Gasteiger partial charge on any atom is 0.0946 e. The van der Waals surface area contributed by atoms with Crippen LogP contribution in [0.25, 0.3) is 0 Å². The van der Waals surface area contributed by atoms with E-state index < -0.39 is 6.26 Å². The van der Waals surface area contributed by atoms with Crippen molar-refractivity contribution in [3.05, 3.63) is 0 Å². The number of hydrogen-bond acceptors (Lipinski definition) is 3. The van der Waals surface area contributed by atoms with Crippen molar-refractivity contribution in [2.24, 2.45) is 5.92 Å². The van der Waals surface area contributed by atoms with E-state index in [1.807, 2.05) is 13.6 Å². The second kappa shape index (κ2) is 4.97. The van der Waals surface area contributed by atoms with Crippen molar-refractivity contribution in [1.29, 1.82) is 5.26 Å². The topological polar surface area (TPSA) is 33.0 Å². The fourth-order valence-electron chi connectivity index (χ4n) is 0.514. The third-order valence-electron chi connectivity index (χ3n) is 1.55. The first-order valence-electron chi connectivity index (χ1n) is 4.01. The molecule has 0 aromatic carbocycles. The summed E-state index contributed by atoms with van der Waals surface area (Å²) in [6.07, 6.45) is -1.87. The Balaban J connectivity index is 4.07. The van der Waals surface area contributed by atoms with Crippen LogP contribution in [-0.2, 0) is 16.3 Å². The molecule has 0 rings (SSSR count). The molecular weight excluding hydrogens is 189 g/mol. The van der Waals surface area contributed by atoms with Gasteiger partial charge in [0.2, 0.25) is 0 Å². The van der Waals surface area contributed by atoms with Gasteiger partial charge in [-0.15, -0.1) is 0 Å². The van der Waals surface area contributed by atoms with Gasteiger partial charge in [-0.25, -0.2) is 0 Å². The van der Waals surface area contributed by atoms with Crippen molar-refractivity contribution in [3.63, 3.8) is 0 Å². The average molecular weight is 205 g/mol. The summed E-state index contributed by atoms with van der Waals surface area (Å²) in [5, 5.41) is 8.67. The van der Waals surface area contributed by atoms with Gasteiger partial charge in [0, 0.05) is 0 Å². The van der Waals surface area contributed by atoms with Crippen molar-refractivity contribution < 1.29 is 4.52 Å². The van der Waals surface area contributed by atoms with E-state index >= 15 is 0 Å². The van der Waals surface area contributed by atoms with E-state index in [4.69, 9.17) is 21.6 Å². The molecule has 0 fully saturated rings. The highest BCUT2D eigenvalue weighted by Crippen LogP contribution is 2.48. The van der Waals surface area contributed by atoms with Gasteiger partial charge in [-0.05, 0) is 19.5 Å². The van der Waals surface area contributed by atoms with E-state index in [1.165, 1.54) is 0 Å². The van der Waals surface area contributed by atoms with Crippen LogP contribution in [0.4, 0.5) is 0 Å². The fourth-order valence-corrected chi connectivity index (χ4v) is 1.87. The highest BCUT2D eigenvalue weighted by Gasteiger charge is 2.19. The van der Waals surface area contributed by atoms with Gasteiger partial charge in [-0.3, -0.25) is 0 Å². The minimum atomic E-state index is -1.87. The fraction of sp³-hybridized carbons (Fsp3) is 0.875. The van der Waals surface area contributed by atoms with Gasteiger partial charge in [0.05, 0.1) is 24.6 Å². The summed E-state index contributed by atoms with van der Waals surface area (Å²) in [6.45, 7) is 8.54. The standard InChI is InChI=1S/C8H16NOPS/c1-7(2)6-10-11(4,12)8(3)5-9/h7-8H,6H2,1-4H3. The second-order valence-electron chi connectivity index (χ2n) is 3.40. The van der Waals surface area contributed by atoms with E-state index in [1.54, 1.807) is 0 Å². The van der Waals surface area contributed by atoms with Crippen LogP contribution in [0.2, 0.25) is 0 Å². The Bertz CT molecular complexity index is 222. The third kappa shape index (κ3) is 4.21. The van der Waals surface area contributed by atoms with Crippen molar-refractivity contribution in [3.8, 4) is 6.07 Å². The number of nitriles is 1. The molecule has 4 heteroatoms. The van der Waals surface area contributed by atoms with Crippen LogP contribution in [0, 0.1) is 17.2 Å². The molecule has 0 aromatic heterocycles. The first-order chi connectivity index (χ1) is 5.40. The van der Waals surface area contributed by atoms with E-state index in [0.29, 0.717) is 12.5 Å². The van der Waals surface area contributed by atoms with E-state index in [9.17, 15) is 0 Å². The zero-order valence-electron chi connectivity index (χ0n) is 8.07. The molecule has 2 nitrogen and oxygen atoms in total. The molecule has 0 amide bonds. The number of nitrogens with zero attached hydrogens (tertiary/aromatic N) is 1.